The van der Waals surface area contributed by atoms with Gasteiger partial charge in [0.15, 0.2) is 0 Å². The Morgan fingerprint density at radius 1 is 1.47 bits per heavy atom. The van der Waals surface area contributed by atoms with Gasteiger partial charge in [0.2, 0.25) is 0 Å². The van der Waals surface area contributed by atoms with Crippen molar-refractivity contribution in [2.24, 2.45) is 12.8 Å². The van der Waals surface area contributed by atoms with Gasteiger partial charge in [0.05, 0.1) is 5.52 Å². The van der Waals surface area contributed by atoms with Crippen molar-refractivity contribution in [3.05, 3.63) is 46.0 Å². The van der Waals surface area contributed by atoms with Gasteiger partial charge >= 0.3 is 0 Å². The molecule has 1 aromatic carbocycles. The number of fused-ring (bicyclic) bond motifs is 1. The van der Waals surface area contributed by atoms with Gasteiger partial charge in [-0.25, -0.2) is 4.39 Å². The minimum absolute atomic E-state index is 0.232. The van der Waals surface area contributed by atoms with E-state index in [2.05, 4.69) is 0 Å². The van der Waals surface area contributed by atoms with E-state index in [1.54, 1.807) is 19.2 Å². The van der Waals surface area contributed by atoms with Crippen LogP contribution in [0.5, 0.6) is 0 Å². The molecule has 0 aliphatic rings. The average molecular weight is 206 g/mol. The Hall–Kier alpha value is -1.68. The van der Waals surface area contributed by atoms with Crippen molar-refractivity contribution in [2.45, 2.75) is 6.54 Å². The molecule has 0 atom stereocenters. The number of hydrogen-bond acceptors (Lipinski definition) is 2. The van der Waals surface area contributed by atoms with Gasteiger partial charge in [0, 0.05) is 25.0 Å². The maximum atomic E-state index is 13.5. The van der Waals surface area contributed by atoms with Crippen LogP contribution in [0, 0.1) is 5.82 Å². The second-order valence-electron chi connectivity index (χ2n) is 3.41. The van der Waals surface area contributed by atoms with Crippen molar-refractivity contribution in [2.75, 3.05) is 0 Å². The fraction of sp³-hybridized carbons (Fsp3) is 0.182. The molecule has 0 aliphatic carbocycles. The Morgan fingerprint density at radius 2 is 2.20 bits per heavy atom. The number of benzene rings is 1. The molecule has 0 saturated carbocycles. The third-order valence-corrected chi connectivity index (χ3v) is 2.52. The number of nitrogens with two attached hydrogens (primary N) is 1. The first-order chi connectivity index (χ1) is 7.15. The molecule has 0 saturated heterocycles. The Bertz CT molecular complexity index is 575. The predicted molar refractivity (Wildman–Crippen MR) is 57.0 cm³/mol. The van der Waals surface area contributed by atoms with Crippen LogP contribution in [0.4, 0.5) is 4.39 Å². The number of aromatic nitrogens is 1. The SMILES string of the molecule is Cn1c(=O)cc(CN)c2cccc(F)c21. The molecule has 2 N–H and O–H groups in total. The average Bonchev–Trinajstić information content (AvgIpc) is 2.23. The molecular formula is C11H11FN2O. The van der Waals surface area contributed by atoms with E-state index in [4.69, 9.17) is 5.73 Å². The zero-order valence-electron chi connectivity index (χ0n) is 8.33. The number of halogens is 1. The zero-order chi connectivity index (χ0) is 11.0. The van der Waals surface area contributed by atoms with Crippen molar-refractivity contribution < 1.29 is 4.39 Å². The van der Waals surface area contributed by atoms with Crippen molar-refractivity contribution in [1.82, 2.24) is 4.57 Å². The third-order valence-electron chi connectivity index (χ3n) is 2.52. The minimum Gasteiger partial charge on any atom is -0.326 e. The minimum atomic E-state index is -0.401. The van der Waals surface area contributed by atoms with Crippen molar-refractivity contribution in [3.63, 3.8) is 0 Å². The molecule has 78 valence electrons. The molecule has 0 amide bonds. The van der Waals surface area contributed by atoms with Crippen LogP contribution in [0.1, 0.15) is 5.56 Å². The maximum Gasteiger partial charge on any atom is 0.251 e. The van der Waals surface area contributed by atoms with E-state index in [0.29, 0.717) is 16.5 Å². The van der Waals surface area contributed by atoms with Gasteiger partial charge in [-0.1, -0.05) is 12.1 Å². The van der Waals surface area contributed by atoms with Crippen LogP contribution in [0.15, 0.2) is 29.1 Å². The normalized spacial score (nSPS) is 10.9. The first kappa shape index (κ1) is 9.86. The lowest BCUT2D eigenvalue weighted by Crippen LogP contribution is -2.19. The Labute approximate surface area is 85.9 Å². The smallest absolute Gasteiger partial charge is 0.251 e. The van der Waals surface area contributed by atoms with E-state index in [9.17, 15) is 9.18 Å². The lowest BCUT2D eigenvalue weighted by Gasteiger charge is -2.08. The summed E-state index contributed by atoms with van der Waals surface area (Å²) in [7, 11) is 1.55. The van der Waals surface area contributed by atoms with E-state index in [-0.39, 0.29) is 12.1 Å². The second-order valence-corrected chi connectivity index (χ2v) is 3.41. The highest BCUT2D eigenvalue weighted by Crippen LogP contribution is 2.18. The third kappa shape index (κ3) is 1.43. The fourth-order valence-corrected chi connectivity index (χ4v) is 1.72. The molecule has 4 heteroatoms. The van der Waals surface area contributed by atoms with Crippen LogP contribution in [0.3, 0.4) is 0 Å². The lowest BCUT2D eigenvalue weighted by molar-refractivity contribution is 0.629. The van der Waals surface area contributed by atoms with E-state index in [0.717, 1.165) is 0 Å². The molecular weight excluding hydrogens is 195 g/mol. The van der Waals surface area contributed by atoms with E-state index < -0.39 is 5.82 Å². The Kier molecular flexibility index (Phi) is 2.28. The van der Waals surface area contributed by atoms with Crippen molar-refractivity contribution >= 4 is 10.9 Å². The van der Waals surface area contributed by atoms with Crippen LogP contribution in [0.2, 0.25) is 0 Å². The van der Waals surface area contributed by atoms with Gasteiger partial charge in [0.25, 0.3) is 5.56 Å². The van der Waals surface area contributed by atoms with E-state index >= 15 is 0 Å². The van der Waals surface area contributed by atoms with Gasteiger partial charge in [0.1, 0.15) is 5.82 Å². The molecule has 0 spiro atoms. The number of nitrogens with zero attached hydrogens (tertiary/aromatic N) is 1. The van der Waals surface area contributed by atoms with Gasteiger partial charge in [-0.15, -0.1) is 0 Å². The monoisotopic (exact) mass is 206 g/mol. The fourth-order valence-electron chi connectivity index (χ4n) is 1.72. The topological polar surface area (TPSA) is 48.0 Å². The number of para-hydroxylation sites is 1. The van der Waals surface area contributed by atoms with Gasteiger partial charge in [-0.2, -0.15) is 0 Å². The summed E-state index contributed by atoms with van der Waals surface area (Å²) < 4.78 is 14.8. The number of pyridine rings is 1. The molecule has 0 aliphatic heterocycles. The Morgan fingerprint density at radius 3 is 2.87 bits per heavy atom. The first-order valence-corrected chi connectivity index (χ1v) is 4.62. The second kappa shape index (κ2) is 3.47. The standard InChI is InChI=1S/C11H11FN2O/c1-14-10(15)5-7(6-13)8-3-2-4-9(12)11(8)14/h2-5H,6,13H2,1H3. The molecule has 3 nitrogen and oxygen atoms in total. The predicted octanol–water partition coefficient (Wildman–Crippen LogP) is 1.14. The molecule has 1 heterocycles. The molecule has 0 radical (unpaired) electrons. The molecule has 0 bridgehead atoms. The summed E-state index contributed by atoms with van der Waals surface area (Å²) in [6, 6.07) is 6.16. The highest BCUT2D eigenvalue weighted by molar-refractivity contribution is 5.83. The number of hydrogen-bond donors (Lipinski definition) is 1. The number of aryl methyl sites for hydroxylation is 1. The largest absolute Gasteiger partial charge is 0.326 e. The summed E-state index contributed by atoms with van der Waals surface area (Å²) in [5.74, 6) is -0.401. The molecule has 2 aromatic rings. The molecule has 15 heavy (non-hydrogen) atoms. The van der Waals surface area contributed by atoms with Crippen molar-refractivity contribution in [1.29, 1.82) is 0 Å². The van der Waals surface area contributed by atoms with Gasteiger partial charge in [-0.3, -0.25) is 4.79 Å². The van der Waals surface area contributed by atoms with Crippen molar-refractivity contribution in [3.8, 4) is 0 Å². The Balaban J connectivity index is 3.03. The molecule has 0 fully saturated rings. The van der Waals surface area contributed by atoms with Gasteiger partial charge in [-0.05, 0) is 11.6 Å². The summed E-state index contributed by atoms with van der Waals surface area (Å²) >= 11 is 0. The molecule has 0 unspecified atom stereocenters. The van der Waals surface area contributed by atoms with Crippen LogP contribution in [0.25, 0.3) is 10.9 Å². The summed E-state index contributed by atoms with van der Waals surface area (Å²) in [5.41, 5.74) is 6.26. The first-order valence-electron chi connectivity index (χ1n) is 4.62. The lowest BCUT2D eigenvalue weighted by atomic mass is 10.1. The van der Waals surface area contributed by atoms with E-state index in [1.807, 2.05) is 0 Å². The van der Waals surface area contributed by atoms with Crippen LogP contribution >= 0.6 is 0 Å². The van der Waals surface area contributed by atoms with Crippen LogP contribution in [-0.2, 0) is 13.6 Å². The quantitative estimate of drug-likeness (QED) is 0.760. The van der Waals surface area contributed by atoms with Crippen LogP contribution in [-0.4, -0.2) is 4.57 Å². The van der Waals surface area contributed by atoms with E-state index in [1.165, 1.54) is 16.7 Å². The highest BCUT2D eigenvalue weighted by Gasteiger charge is 2.08. The highest BCUT2D eigenvalue weighted by atomic mass is 19.1. The summed E-state index contributed by atoms with van der Waals surface area (Å²) in [6.45, 7) is 0.232. The summed E-state index contributed by atoms with van der Waals surface area (Å²) in [6.07, 6.45) is 0. The zero-order valence-corrected chi connectivity index (χ0v) is 8.33. The number of rotatable bonds is 1. The molecule has 2 rings (SSSR count). The maximum absolute atomic E-state index is 13.5. The van der Waals surface area contributed by atoms with Crippen LogP contribution < -0.4 is 11.3 Å². The summed E-state index contributed by atoms with van der Waals surface area (Å²) in [4.78, 5) is 11.5. The molecule has 1 aromatic heterocycles. The summed E-state index contributed by atoms with van der Waals surface area (Å²) in [5, 5.41) is 0.694. The van der Waals surface area contributed by atoms with Gasteiger partial charge < -0.3 is 10.3 Å².